The van der Waals surface area contributed by atoms with Crippen molar-refractivity contribution in [1.82, 2.24) is 15.6 Å². The summed E-state index contributed by atoms with van der Waals surface area (Å²) in [6.45, 7) is 2.73. The van der Waals surface area contributed by atoms with Gasteiger partial charge in [0, 0.05) is 18.5 Å². The topological polar surface area (TPSA) is 108 Å². The van der Waals surface area contributed by atoms with E-state index in [1.807, 2.05) is 30.3 Å². The minimum Gasteiger partial charge on any atom is -0.344 e. The lowest BCUT2D eigenvalue weighted by Gasteiger charge is -2.22. The van der Waals surface area contributed by atoms with Crippen LogP contribution in [0.4, 0.5) is 0 Å². The molecule has 2 aromatic carbocycles. The average molecular weight is 405 g/mol. The molecule has 0 saturated carbocycles. The Morgan fingerprint density at radius 1 is 0.933 bits per heavy atom. The van der Waals surface area contributed by atoms with Crippen LogP contribution in [0.2, 0.25) is 0 Å². The summed E-state index contributed by atoms with van der Waals surface area (Å²) in [5.41, 5.74) is 1.70. The second-order valence-electron chi connectivity index (χ2n) is 7.16. The minimum atomic E-state index is -1.01. The van der Waals surface area contributed by atoms with Crippen LogP contribution in [0, 0.1) is 0 Å². The third-order valence-corrected chi connectivity index (χ3v) is 4.78. The Labute approximate surface area is 173 Å². The number of hydrogen-bond acceptors (Lipinski definition) is 4. The van der Waals surface area contributed by atoms with Crippen molar-refractivity contribution in [2.24, 2.45) is 0 Å². The van der Waals surface area contributed by atoms with Crippen LogP contribution in [0.15, 0.2) is 65.5 Å². The second-order valence-corrected chi connectivity index (χ2v) is 7.16. The molecule has 0 spiro atoms. The van der Waals surface area contributed by atoms with Crippen molar-refractivity contribution in [3.05, 3.63) is 82.1 Å². The highest BCUT2D eigenvalue weighted by molar-refractivity contribution is 5.93. The molecule has 2 unspecified atom stereocenters. The minimum absolute atomic E-state index is 0.184. The predicted molar refractivity (Wildman–Crippen MR) is 114 cm³/mol. The summed E-state index contributed by atoms with van der Waals surface area (Å²) in [6, 6.07) is 15.9. The maximum absolute atomic E-state index is 13.0. The first-order valence-corrected chi connectivity index (χ1v) is 9.58. The first-order chi connectivity index (χ1) is 14.3. The van der Waals surface area contributed by atoms with Crippen molar-refractivity contribution in [3.63, 3.8) is 0 Å². The summed E-state index contributed by atoms with van der Waals surface area (Å²) in [5, 5.41) is 6.18. The van der Waals surface area contributed by atoms with E-state index in [0.717, 1.165) is 10.9 Å². The van der Waals surface area contributed by atoms with Crippen LogP contribution < -0.4 is 16.2 Å². The molecule has 154 valence electrons. The lowest BCUT2D eigenvalue weighted by atomic mass is 10.0. The number of carbonyl (C=O) groups excluding carboxylic acids is 3. The van der Waals surface area contributed by atoms with E-state index in [0.29, 0.717) is 17.5 Å². The zero-order valence-corrected chi connectivity index (χ0v) is 16.8. The Kier molecular flexibility index (Phi) is 6.41. The van der Waals surface area contributed by atoms with E-state index in [4.69, 9.17) is 0 Å². The molecule has 7 heteroatoms. The van der Waals surface area contributed by atoms with E-state index in [1.54, 1.807) is 24.3 Å². The van der Waals surface area contributed by atoms with Gasteiger partial charge in [0.15, 0.2) is 5.78 Å². The maximum atomic E-state index is 13.0. The molecule has 0 aliphatic heterocycles. The van der Waals surface area contributed by atoms with Gasteiger partial charge >= 0.3 is 0 Å². The predicted octanol–water partition coefficient (Wildman–Crippen LogP) is 2.02. The van der Waals surface area contributed by atoms with E-state index in [2.05, 4.69) is 15.6 Å². The molecule has 0 fully saturated rings. The lowest BCUT2D eigenvalue weighted by Crippen LogP contribution is -2.47. The Morgan fingerprint density at radius 3 is 2.30 bits per heavy atom. The van der Waals surface area contributed by atoms with Gasteiger partial charge in [-0.2, -0.15) is 0 Å². The van der Waals surface area contributed by atoms with Crippen molar-refractivity contribution in [2.45, 2.75) is 32.4 Å². The van der Waals surface area contributed by atoms with Gasteiger partial charge in [0.25, 0.3) is 0 Å². The molecule has 0 saturated heterocycles. The summed E-state index contributed by atoms with van der Waals surface area (Å²) >= 11 is 0. The zero-order chi connectivity index (χ0) is 21.7. The molecule has 3 rings (SSSR count). The molecule has 0 aliphatic carbocycles. The van der Waals surface area contributed by atoms with E-state index < -0.39 is 18.0 Å². The van der Waals surface area contributed by atoms with Gasteiger partial charge in [-0.05, 0) is 42.0 Å². The second kappa shape index (κ2) is 9.17. The van der Waals surface area contributed by atoms with E-state index in [9.17, 15) is 19.2 Å². The normalized spacial score (nSPS) is 12.7. The van der Waals surface area contributed by atoms with Gasteiger partial charge in [-0.15, -0.1) is 0 Å². The number of aromatic nitrogens is 1. The SMILES string of the molecule is CC(=O)NC(C(=O)NC(Cc1ccccc1)C(C)=O)c1ccc2ccc(=O)[nH]c2c1. The largest absolute Gasteiger partial charge is 0.344 e. The van der Waals surface area contributed by atoms with Gasteiger partial charge in [0.05, 0.1) is 6.04 Å². The molecule has 30 heavy (non-hydrogen) atoms. The molecule has 1 heterocycles. The van der Waals surface area contributed by atoms with Crippen molar-refractivity contribution >= 4 is 28.5 Å². The smallest absolute Gasteiger partial charge is 0.248 e. The Hall–Kier alpha value is -3.74. The molecule has 2 amide bonds. The Morgan fingerprint density at radius 2 is 1.63 bits per heavy atom. The first kappa shape index (κ1) is 21.0. The number of Topliss-reactive ketones (excluding diaryl/α,β-unsaturated/α-hetero) is 1. The Balaban J connectivity index is 1.88. The van der Waals surface area contributed by atoms with Crippen LogP contribution >= 0.6 is 0 Å². The van der Waals surface area contributed by atoms with Crippen LogP contribution in [0.3, 0.4) is 0 Å². The van der Waals surface area contributed by atoms with Crippen LogP contribution in [-0.4, -0.2) is 28.6 Å². The lowest BCUT2D eigenvalue weighted by molar-refractivity contribution is -0.130. The molecule has 1 aromatic heterocycles. The van der Waals surface area contributed by atoms with Crippen LogP contribution in [0.1, 0.15) is 31.0 Å². The number of benzene rings is 2. The maximum Gasteiger partial charge on any atom is 0.248 e. The van der Waals surface area contributed by atoms with Crippen molar-refractivity contribution in [1.29, 1.82) is 0 Å². The number of carbonyl (C=O) groups is 3. The molecule has 7 nitrogen and oxygen atoms in total. The third kappa shape index (κ3) is 5.20. The fraction of sp³-hybridized carbons (Fsp3) is 0.217. The quantitative estimate of drug-likeness (QED) is 0.559. The van der Waals surface area contributed by atoms with Gasteiger partial charge in [0.1, 0.15) is 6.04 Å². The zero-order valence-electron chi connectivity index (χ0n) is 16.8. The van der Waals surface area contributed by atoms with Crippen LogP contribution in [0.5, 0.6) is 0 Å². The number of pyridine rings is 1. The number of amides is 2. The molecule has 3 aromatic rings. The molecule has 0 aliphatic rings. The van der Waals surface area contributed by atoms with Gasteiger partial charge in [0.2, 0.25) is 17.4 Å². The summed E-state index contributed by atoms with van der Waals surface area (Å²) in [4.78, 5) is 51.3. The molecule has 0 radical (unpaired) electrons. The fourth-order valence-electron chi connectivity index (χ4n) is 3.25. The van der Waals surface area contributed by atoms with Gasteiger partial charge in [-0.1, -0.05) is 42.5 Å². The van der Waals surface area contributed by atoms with E-state index in [1.165, 1.54) is 19.9 Å². The van der Waals surface area contributed by atoms with E-state index >= 15 is 0 Å². The van der Waals surface area contributed by atoms with Crippen molar-refractivity contribution in [2.75, 3.05) is 0 Å². The number of H-pyrrole nitrogens is 1. The average Bonchev–Trinajstić information content (AvgIpc) is 2.71. The van der Waals surface area contributed by atoms with Crippen LogP contribution in [-0.2, 0) is 20.8 Å². The number of hydrogen-bond donors (Lipinski definition) is 3. The summed E-state index contributed by atoms with van der Waals surface area (Å²) < 4.78 is 0. The number of rotatable bonds is 7. The Bertz CT molecular complexity index is 1140. The number of fused-ring (bicyclic) bond motifs is 1. The molecular weight excluding hydrogens is 382 g/mol. The van der Waals surface area contributed by atoms with Crippen molar-refractivity contribution in [3.8, 4) is 0 Å². The standard InChI is InChI=1S/C23H23N3O4/c1-14(27)19(12-16-6-4-3-5-7-16)26-23(30)22(24-15(2)28)18-9-8-17-10-11-21(29)25-20(17)13-18/h3-11,13,19,22H,12H2,1-2H3,(H,24,28)(H,25,29)(H,26,30). The summed E-state index contributed by atoms with van der Waals surface area (Å²) in [5.74, 6) is -1.07. The molecular formula is C23H23N3O4. The number of aromatic amines is 1. The molecule has 0 bridgehead atoms. The monoisotopic (exact) mass is 405 g/mol. The van der Waals surface area contributed by atoms with Gasteiger partial charge in [-0.3, -0.25) is 19.2 Å². The molecule has 2 atom stereocenters. The summed E-state index contributed by atoms with van der Waals surface area (Å²) in [7, 11) is 0. The van der Waals surface area contributed by atoms with Gasteiger partial charge in [-0.25, -0.2) is 0 Å². The van der Waals surface area contributed by atoms with Crippen LogP contribution in [0.25, 0.3) is 10.9 Å². The number of nitrogens with one attached hydrogen (secondary N) is 3. The highest BCUT2D eigenvalue weighted by atomic mass is 16.2. The number of ketones is 1. The third-order valence-electron chi connectivity index (χ3n) is 4.78. The van der Waals surface area contributed by atoms with Crippen molar-refractivity contribution < 1.29 is 14.4 Å². The highest BCUT2D eigenvalue weighted by Crippen LogP contribution is 2.19. The summed E-state index contributed by atoms with van der Waals surface area (Å²) in [6.07, 6.45) is 0.347. The fourth-order valence-corrected chi connectivity index (χ4v) is 3.25. The molecule has 3 N–H and O–H groups in total. The highest BCUT2D eigenvalue weighted by Gasteiger charge is 2.26. The van der Waals surface area contributed by atoms with E-state index in [-0.39, 0.29) is 17.2 Å². The van der Waals surface area contributed by atoms with Gasteiger partial charge < -0.3 is 15.6 Å². The first-order valence-electron chi connectivity index (χ1n) is 9.58.